The highest BCUT2D eigenvalue weighted by atomic mass is 16.3. The smallest absolute Gasteiger partial charge is 0.251 e. The molecule has 1 aliphatic heterocycles. The van der Waals surface area contributed by atoms with Gasteiger partial charge in [-0.2, -0.15) is 0 Å². The maximum Gasteiger partial charge on any atom is 0.251 e. The molecule has 1 aromatic rings. The second-order valence-corrected chi connectivity index (χ2v) is 5.19. The molecule has 1 amide bonds. The fourth-order valence-electron chi connectivity index (χ4n) is 2.44. The third kappa shape index (κ3) is 2.80. The van der Waals surface area contributed by atoms with Gasteiger partial charge in [0.1, 0.15) is 0 Å². The average molecular weight is 262 g/mol. The zero-order valence-electron chi connectivity index (χ0n) is 11.6. The monoisotopic (exact) mass is 262 g/mol. The summed E-state index contributed by atoms with van der Waals surface area (Å²) in [7, 11) is 0. The van der Waals surface area contributed by atoms with Crippen molar-refractivity contribution in [1.82, 2.24) is 10.6 Å². The van der Waals surface area contributed by atoms with Gasteiger partial charge < -0.3 is 15.7 Å². The third-order valence-corrected chi connectivity index (χ3v) is 4.13. The highest BCUT2D eigenvalue weighted by molar-refractivity contribution is 5.95. The van der Waals surface area contributed by atoms with Crippen LogP contribution in [0.5, 0.6) is 0 Å². The molecule has 0 aliphatic carbocycles. The van der Waals surface area contributed by atoms with E-state index in [1.807, 2.05) is 32.0 Å². The lowest BCUT2D eigenvalue weighted by molar-refractivity contribution is 0.0818. The molecule has 1 heterocycles. The molecular formula is C15H22N2O2. The molecule has 4 nitrogen and oxygen atoms in total. The van der Waals surface area contributed by atoms with Crippen LogP contribution in [0.3, 0.4) is 0 Å². The van der Waals surface area contributed by atoms with Crippen molar-refractivity contribution in [3.05, 3.63) is 34.9 Å². The number of nitrogens with one attached hydrogen (secondary N) is 2. The summed E-state index contributed by atoms with van der Waals surface area (Å²) in [5.74, 6) is -0.104. The largest absolute Gasteiger partial charge is 0.394 e. The second kappa shape index (κ2) is 5.72. The molecule has 104 valence electrons. The van der Waals surface area contributed by atoms with Gasteiger partial charge in [0, 0.05) is 18.7 Å². The minimum Gasteiger partial charge on any atom is -0.394 e. The number of fused-ring (bicyclic) bond motifs is 1. The number of rotatable bonds is 5. The summed E-state index contributed by atoms with van der Waals surface area (Å²) < 4.78 is 0. The highest BCUT2D eigenvalue weighted by Crippen LogP contribution is 2.19. The van der Waals surface area contributed by atoms with Crippen LogP contribution in [0.4, 0.5) is 0 Å². The van der Waals surface area contributed by atoms with Crippen LogP contribution >= 0.6 is 0 Å². The molecule has 19 heavy (non-hydrogen) atoms. The molecule has 3 N–H and O–H groups in total. The van der Waals surface area contributed by atoms with E-state index in [1.165, 1.54) is 11.1 Å². The van der Waals surface area contributed by atoms with Gasteiger partial charge in [0.25, 0.3) is 5.91 Å². The van der Waals surface area contributed by atoms with Crippen molar-refractivity contribution in [2.45, 2.75) is 45.3 Å². The fourth-order valence-corrected chi connectivity index (χ4v) is 2.44. The molecule has 0 saturated carbocycles. The van der Waals surface area contributed by atoms with E-state index in [-0.39, 0.29) is 12.5 Å². The van der Waals surface area contributed by atoms with Gasteiger partial charge in [-0.05, 0) is 36.1 Å². The molecule has 0 spiro atoms. The van der Waals surface area contributed by atoms with E-state index >= 15 is 0 Å². The maximum atomic E-state index is 12.3. The lowest BCUT2D eigenvalue weighted by Gasteiger charge is -2.30. The zero-order valence-corrected chi connectivity index (χ0v) is 11.6. The molecular weight excluding hydrogens is 240 g/mol. The van der Waals surface area contributed by atoms with E-state index in [1.54, 1.807) is 0 Å². The lowest BCUT2D eigenvalue weighted by Crippen LogP contribution is -2.50. The number of aliphatic hydroxyl groups is 1. The summed E-state index contributed by atoms with van der Waals surface area (Å²) in [5.41, 5.74) is 2.61. The Bertz CT molecular complexity index is 459. The van der Waals surface area contributed by atoms with Crippen LogP contribution in [-0.2, 0) is 13.1 Å². The summed E-state index contributed by atoms with van der Waals surface area (Å²) in [5, 5.41) is 15.7. The molecule has 0 saturated heterocycles. The van der Waals surface area contributed by atoms with Crippen molar-refractivity contribution in [2.75, 3.05) is 6.61 Å². The number of benzene rings is 1. The van der Waals surface area contributed by atoms with Crippen molar-refractivity contribution in [3.63, 3.8) is 0 Å². The molecule has 0 unspecified atom stereocenters. The molecule has 1 aromatic carbocycles. The van der Waals surface area contributed by atoms with Crippen LogP contribution < -0.4 is 10.6 Å². The van der Waals surface area contributed by atoms with E-state index in [0.29, 0.717) is 5.56 Å². The van der Waals surface area contributed by atoms with Gasteiger partial charge in [0.15, 0.2) is 0 Å². The van der Waals surface area contributed by atoms with E-state index in [2.05, 4.69) is 10.6 Å². The van der Waals surface area contributed by atoms with Crippen molar-refractivity contribution in [1.29, 1.82) is 0 Å². The Labute approximate surface area is 114 Å². The Morgan fingerprint density at radius 2 is 2.00 bits per heavy atom. The first-order valence-corrected chi connectivity index (χ1v) is 6.90. The first-order chi connectivity index (χ1) is 9.14. The lowest BCUT2D eigenvalue weighted by atomic mass is 9.93. The second-order valence-electron chi connectivity index (χ2n) is 5.19. The maximum absolute atomic E-state index is 12.3. The number of aliphatic hydroxyl groups excluding tert-OH is 1. The Kier molecular flexibility index (Phi) is 4.22. The van der Waals surface area contributed by atoms with Crippen molar-refractivity contribution < 1.29 is 9.90 Å². The number of carbonyl (C=O) groups excluding carboxylic acids is 1. The average Bonchev–Trinajstić information content (AvgIpc) is 2.92. The summed E-state index contributed by atoms with van der Waals surface area (Å²) >= 11 is 0. The molecule has 4 heteroatoms. The summed E-state index contributed by atoms with van der Waals surface area (Å²) in [6.45, 7) is 5.63. The van der Waals surface area contributed by atoms with Gasteiger partial charge in [0.2, 0.25) is 0 Å². The van der Waals surface area contributed by atoms with Crippen LogP contribution in [0.2, 0.25) is 0 Å². The standard InChI is InChI=1S/C15H22N2O2/c1-3-15(4-2,10-18)17-14(19)11-5-6-12-8-16-9-13(12)7-11/h5-7,16,18H,3-4,8-10H2,1-2H3,(H,17,19). The first kappa shape index (κ1) is 14.0. The molecule has 0 atom stereocenters. The van der Waals surface area contributed by atoms with Gasteiger partial charge in [-0.1, -0.05) is 19.9 Å². The van der Waals surface area contributed by atoms with Crippen LogP contribution in [-0.4, -0.2) is 23.2 Å². The summed E-state index contributed by atoms with van der Waals surface area (Å²) in [6.07, 6.45) is 1.44. The van der Waals surface area contributed by atoms with E-state index in [9.17, 15) is 9.90 Å². The van der Waals surface area contributed by atoms with Gasteiger partial charge in [-0.25, -0.2) is 0 Å². The van der Waals surface area contributed by atoms with Crippen LogP contribution in [0.25, 0.3) is 0 Å². The normalized spacial score (nSPS) is 14.3. The Hall–Kier alpha value is -1.39. The Balaban J connectivity index is 2.16. The third-order valence-electron chi connectivity index (χ3n) is 4.13. The molecule has 0 fully saturated rings. The SMILES string of the molecule is CCC(CC)(CO)NC(=O)c1ccc2c(c1)CNC2. The quantitative estimate of drug-likeness (QED) is 0.755. The van der Waals surface area contributed by atoms with E-state index < -0.39 is 5.54 Å². The van der Waals surface area contributed by atoms with E-state index in [4.69, 9.17) is 0 Å². The Morgan fingerprint density at radius 1 is 1.32 bits per heavy atom. The minimum atomic E-state index is -0.506. The van der Waals surface area contributed by atoms with Gasteiger partial charge in [0.05, 0.1) is 12.1 Å². The summed E-state index contributed by atoms with van der Waals surface area (Å²) in [4.78, 5) is 12.3. The van der Waals surface area contributed by atoms with Gasteiger partial charge >= 0.3 is 0 Å². The van der Waals surface area contributed by atoms with Crippen molar-refractivity contribution in [3.8, 4) is 0 Å². The van der Waals surface area contributed by atoms with Crippen molar-refractivity contribution in [2.24, 2.45) is 0 Å². The summed E-state index contributed by atoms with van der Waals surface area (Å²) in [6, 6.07) is 5.80. The number of hydrogen-bond acceptors (Lipinski definition) is 3. The van der Waals surface area contributed by atoms with Gasteiger partial charge in [-0.3, -0.25) is 4.79 Å². The number of carbonyl (C=O) groups is 1. The number of hydrogen-bond donors (Lipinski definition) is 3. The Morgan fingerprint density at radius 3 is 2.63 bits per heavy atom. The predicted molar refractivity (Wildman–Crippen MR) is 74.9 cm³/mol. The van der Waals surface area contributed by atoms with Crippen LogP contribution in [0, 0.1) is 0 Å². The van der Waals surface area contributed by atoms with Crippen LogP contribution in [0.15, 0.2) is 18.2 Å². The van der Waals surface area contributed by atoms with E-state index in [0.717, 1.165) is 25.9 Å². The zero-order chi connectivity index (χ0) is 13.9. The molecule has 1 aliphatic rings. The molecule has 0 bridgehead atoms. The first-order valence-electron chi connectivity index (χ1n) is 6.90. The van der Waals surface area contributed by atoms with Crippen molar-refractivity contribution >= 4 is 5.91 Å². The predicted octanol–water partition coefficient (Wildman–Crippen LogP) is 1.57. The molecule has 0 radical (unpaired) electrons. The molecule has 0 aromatic heterocycles. The number of amides is 1. The molecule has 2 rings (SSSR count). The fraction of sp³-hybridized carbons (Fsp3) is 0.533. The van der Waals surface area contributed by atoms with Gasteiger partial charge in [-0.15, -0.1) is 0 Å². The minimum absolute atomic E-state index is 0.0295. The topological polar surface area (TPSA) is 61.4 Å². The highest BCUT2D eigenvalue weighted by Gasteiger charge is 2.27. The van der Waals surface area contributed by atoms with Crippen LogP contribution in [0.1, 0.15) is 48.2 Å².